The molecule has 2 saturated heterocycles. The van der Waals surface area contributed by atoms with E-state index in [9.17, 15) is 5.11 Å². The first-order chi connectivity index (χ1) is 13.1. The Hall–Kier alpha value is -1.20. The lowest BCUT2D eigenvalue weighted by Gasteiger charge is -2.36. The second-order valence-electron chi connectivity index (χ2n) is 8.11. The molecule has 2 fully saturated rings. The lowest BCUT2D eigenvalue weighted by molar-refractivity contribution is -0.0236. The van der Waals surface area contributed by atoms with Gasteiger partial charge in [0.25, 0.3) is 0 Å². The van der Waals surface area contributed by atoms with Gasteiger partial charge in [-0.1, -0.05) is 30.3 Å². The van der Waals surface area contributed by atoms with Gasteiger partial charge in [0, 0.05) is 19.6 Å². The minimum Gasteiger partial charge on any atom is -0.390 e. The highest BCUT2D eigenvalue weighted by molar-refractivity contribution is 7.07. The third-order valence-electron chi connectivity index (χ3n) is 5.94. The molecule has 4 heteroatoms. The molecular formula is C23H34N2OS. The van der Waals surface area contributed by atoms with E-state index in [2.05, 4.69) is 58.4 Å². The van der Waals surface area contributed by atoms with Crippen LogP contribution in [0.3, 0.4) is 0 Å². The van der Waals surface area contributed by atoms with E-state index in [-0.39, 0.29) is 0 Å². The fourth-order valence-electron chi connectivity index (χ4n) is 4.00. The zero-order chi connectivity index (χ0) is 19.0. The van der Waals surface area contributed by atoms with Crippen LogP contribution in [0.5, 0.6) is 0 Å². The van der Waals surface area contributed by atoms with Gasteiger partial charge in [-0.2, -0.15) is 11.3 Å². The Labute approximate surface area is 168 Å². The standard InChI is InChI=1S/C15H23NO.C8H11NS/c1-16-12-10-15(17,11-13-16)9-5-8-14-6-3-2-4-7-14;1-3-9-5-7(1)8-2-4-10-6-8/h2-4,6-7,17H,5,8-13H2,1H3;2,4,6-7,9H,1,3,5H2/t;7-/m.1/s1. The van der Waals surface area contributed by atoms with Crippen molar-refractivity contribution < 1.29 is 5.11 Å². The fraction of sp³-hybridized carbons (Fsp3) is 0.565. The third kappa shape index (κ3) is 6.72. The summed E-state index contributed by atoms with van der Waals surface area (Å²) in [5, 5.41) is 18.2. The van der Waals surface area contributed by atoms with E-state index >= 15 is 0 Å². The monoisotopic (exact) mass is 386 g/mol. The summed E-state index contributed by atoms with van der Waals surface area (Å²) in [5.41, 5.74) is 2.50. The SMILES string of the molecule is CN1CCC(O)(CCCc2ccccc2)CC1.c1cc([C@@H]2CCNC2)cs1. The highest BCUT2D eigenvalue weighted by Gasteiger charge is 2.30. The highest BCUT2D eigenvalue weighted by atomic mass is 32.1. The van der Waals surface area contributed by atoms with Crippen molar-refractivity contribution >= 4 is 11.3 Å². The molecular weight excluding hydrogens is 352 g/mol. The first kappa shape index (κ1) is 20.5. The van der Waals surface area contributed by atoms with Crippen LogP contribution in [0.4, 0.5) is 0 Å². The van der Waals surface area contributed by atoms with Crippen LogP contribution in [-0.4, -0.2) is 48.8 Å². The number of likely N-dealkylation sites (tertiary alicyclic amines) is 1. The lowest BCUT2D eigenvalue weighted by Crippen LogP contribution is -2.42. The van der Waals surface area contributed by atoms with Crippen molar-refractivity contribution in [3.63, 3.8) is 0 Å². The lowest BCUT2D eigenvalue weighted by atomic mass is 9.86. The van der Waals surface area contributed by atoms with E-state index in [1.54, 1.807) is 11.3 Å². The van der Waals surface area contributed by atoms with E-state index in [0.717, 1.165) is 51.1 Å². The average Bonchev–Trinajstić information content (AvgIpc) is 3.39. The smallest absolute Gasteiger partial charge is 0.0672 e. The number of benzene rings is 1. The summed E-state index contributed by atoms with van der Waals surface area (Å²) in [6.45, 7) is 4.43. The maximum atomic E-state index is 10.4. The molecule has 2 N–H and O–H groups in total. The Morgan fingerprint density at radius 2 is 1.96 bits per heavy atom. The van der Waals surface area contributed by atoms with Crippen LogP contribution in [0.2, 0.25) is 0 Å². The number of aryl methyl sites for hydroxylation is 1. The van der Waals surface area contributed by atoms with Crippen LogP contribution >= 0.6 is 11.3 Å². The Kier molecular flexibility index (Phi) is 7.89. The first-order valence-electron chi connectivity index (χ1n) is 10.3. The third-order valence-corrected chi connectivity index (χ3v) is 6.64. The van der Waals surface area contributed by atoms with Crippen molar-refractivity contribution in [1.29, 1.82) is 0 Å². The van der Waals surface area contributed by atoms with Crippen LogP contribution in [0.15, 0.2) is 47.2 Å². The van der Waals surface area contributed by atoms with E-state index < -0.39 is 5.60 Å². The van der Waals surface area contributed by atoms with E-state index in [1.807, 2.05) is 6.07 Å². The van der Waals surface area contributed by atoms with Gasteiger partial charge < -0.3 is 15.3 Å². The van der Waals surface area contributed by atoms with Gasteiger partial charge in [-0.15, -0.1) is 0 Å². The number of thiophene rings is 1. The van der Waals surface area contributed by atoms with Crippen LogP contribution in [-0.2, 0) is 6.42 Å². The fourth-order valence-corrected chi connectivity index (χ4v) is 4.74. The van der Waals surface area contributed by atoms with Gasteiger partial charge in [-0.05, 0) is 86.0 Å². The van der Waals surface area contributed by atoms with Crippen molar-refractivity contribution in [2.24, 2.45) is 0 Å². The largest absolute Gasteiger partial charge is 0.390 e. The zero-order valence-electron chi connectivity index (χ0n) is 16.6. The van der Waals surface area contributed by atoms with Gasteiger partial charge in [0.05, 0.1) is 5.60 Å². The number of hydrogen-bond donors (Lipinski definition) is 2. The maximum absolute atomic E-state index is 10.4. The van der Waals surface area contributed by atoms with Gasteiger partial charge in [-0.25, -0.2) is 0 Å². The molecule has 4 rings (SSSR count). The molecule has 1 aromatic heterocycles. The minimum absolute atomic E-state index is 0.401. The highest BCUT2D eigenvalue weighted by Crippen LogP contribution is 2.27. The van der Waals surface area contributed by atoms with Crippen molar-refractivity contribution in [2.75, 3.05) is 33.2 Å². The van der Waals surface area contributed by atoms with Crippen molar-refractivity contribution in [2.45, 2.75) is 50.0 Å². The van der Waals surface area contributed by atoms with E-state index in [0.29, 0.717) is 0 Å². The molecule has 0 spiro atoms. The normalized spacial score (nSPS) is 22.2. The molecule has 0 bridgehead atoms. The minimum atomic E-state index is -0.401. The molecule has 27 heavy (non-hydrogen) atoms. The van der Waals surface area contributed by atoms with Gasteiger partial charge in [0.1, 0.15) is 0 Å². The van der Waals surface area contributed by atoms with Crippen LogP contribution < -0.4 is 5.32 Å². The summed E-state index contributed by atoms with van der Waals surface area (Å²) in [6.07, 6.45) is 6.28. The molecule has 0 radical (unpaired) electrons. The number of hydrogen-bond acceptors (Lipinski definition) is 4. The molecule has 3 heterocycles. The molecule has 1 aromatic carbocycles. The average molecular weight is 387 g/mol. The predicted molar refractivity (Wildman–Crippen MR) is 116 cm³/mol. The first-order valence-corrected chi connectivity index (χ1v) is 11.3. The van der Waals surface area contributed by atoms with Crippen molar-refractivity contribution in [3.8, 4) is 0 Å². The summed E-state index contributed by atoms with van der Waals surface area (Å²) in [6, 6.07) is 12.8. The zero-order valence-corrected chi connectivity index (χ0v) is 17.4. The Bertz CT molecular complexity index is 630. The molecule has 2 aliphatic rings. The molecule has 0 amide bonds. The number of piperidine rings is 1. The number of nitrogens with one attached hydrogen (secondary N) is 1. The molecule has 1 atom stereocenters. The summed E-state index contributed by atoms with van der Waals surface area (Å²) in [4.78, 5) is 2.30. The summed E-state index contributed by atoms with van der Waals surface area (Å²) < 4.78 is 0. The van der Waals surface area contributed by atoms with Crippen molar-refractivity contribution in [1.82, 2.24) is 10.2 Å². The van der Waals surface area contributed by atoms with Crippen LogP contribution in [0, 0.1) is 0 Å². The molecule has 2 aliphatic heterocycles. The number of rotatable bonds is 5. The van der Waals surface area contributed by atoms with Gasteiger partial charge in [-0.3, -0.25) is 0 Å². The van der Waals surface area contributed by atoms with Crippen molar-refractivity contribution in [3.05, 3.63) is 58.3 Å². The Morgan fingerprint density at radius 1 is 1.19 bits per heavy atom. The molecule has 2 aromatic rings. The van der Waals surface area contributed by atoms with E-state index in [4.69, 9.17) is 0 Å². The number of nitrogens with zero attached hydrogens (tertiary/aromatic N) is 1. The summed E-state index contributed by atoms with van der Waals surface area (Å²) in [5.74, 6) is 0.797. The summed E-state index contributed by atoms with van der Waals surface area (Å²) >= 11 is 1.80. The molecule has 148 valence electrons. The predicted octanol–water partition coefficient (Wildman–Crippen LogP) is 4.29. The molecule has 0 unspecified atom stereocenters. The molecule has 0 saturated carbocycles. The Balaban J connectivity index is 0.000000177. The van der Waals surface area contributed by atoms with Gasteiger partial charge in [0.15, 0.2) is 0 Å². The second kappa shape index (κ2) is 10.4. The molecule has 3 nitrogen and oxygen atoms in total. The summed E-state index contributed by atoms with van der Waals surface area (Å²) in [7, 11) is 2.13. The van der Waals surface area contributed by atoms with Gasteiger partial charge in [0.2, 0.25) is 0 Å². The molecule has 0 aliphatic carbocycles. The topological polar surface area (TPSA) is 35.5 Å². The van der Waals surface area contributed by atoms with Crippen LogP contribution in [0.25, 0.3) is 0 Å². The maximum Gasteiger partial charge on any atom is 0.0672 e. The second-order valence-corrected chi connectivity index (χ2v) is 8.89. The quantitative estimate of drug-likeness (QED) is 0.805. The Morgan fingerprint density at radius 3 is 2.59 bits per heavy atom. The van der Waals surface area contributed by atoms with E-state index in [1.165, 1.54) is 30.6 Å². The van der Waals surface area contributed by atoms with Gasteiger partial charge >= 0.3 is 0 Å². The van der Waals surface area contributed by atoms with Crippen LogP contribution in [0.1, 0.15) is 49.1 Å². The number of aliphatic hydroxyl groups is 1.